The molecule has 2 aliphatic rings. The highest BCUT2D eigenvalue weighted by molar-refractivity contribution is 5.80. The zero-order chi connectivity index (χ0) is 17.5. The third kappa shape index (κ3) is 5.46. The molecule has 1 atom stereocenters. The number of nitrogens with zero attached hydrogens (tertiary/aromatic N) is 3. The molecule has 2 heterocycles. The van der Waals surface area contributed by atoms with Crippen LogP contribution < -0.4 is 5.32 Å². The van der Waals surface area contributed by atoms with E-state index in [1.807, 2.05) is 0 Å². The molecule has 0 spiro atoms. The molecular weight excluding hydrogens is 308 g/mol. The summed E-state index contributed by atoms with van der Waals surface area (Å²) in [5.41, 5.74) is 1.46. The molecule has 138 valence electrons. The van der Waals surface area contributed by atoms with Crippen molar-refractivity contribution in [2.24, 2.45) is 16.8 Å². The van der Waals surface area contributed by atoms with Gasteiger partial charge >= 0.3 is 0 Å². The fourth-order valence-electron chi connectivity index (χ4n) is 4.03. The second-order valence-corrected chi connectivity index (χ2v) is 7.73. The van der Waals surface area contributed by atoms with Crippen LogP contribution in [0.2, 0.25) is 0 Å². The maximum Gasteiger partial charge on any atom is 0.193 e. The second-order valence-electron chi connectivity index (χ2n) is 7.73. The van der Waals surface area contributed by atoms with Gasteiger partial charge in [0.25, 0.3) is 0 Å². The number of rotatable bonds is 5. The molecule has 1 aromatic carbocycles. The lowest BCUT2D eigenvalue weighted by Crippen LogP contribution is -2.41. The Morgan fingerprint density at radius 1 is 1.08 bits per heavy atom. The normalized spacial score (nSPS) is 23.2. The Morgan fingerprint density at radius 2 is 1.80 bits per heavy atom. The summed E-state index contributed by atoms with van der Waals surface area (Å²) in [5, 5.41) is 3.52. The molecule has 0 amide bonds. The van der Waals surface area contributed by atoms with Crippen LogP contribution in [0.15, 0.2) is 35.3 Å². The number of nitrogens with one attached hydrogen (secondary N) is 1. The minimum Gasteiger partial charge on any atom is -0.357 e. The summed E-state index contributed by atoms with van der Waals surface area (Å²) in [4.78, 5) is 9.91. The van der Waals surface area contributed by atoms with Crippen molar-refractivity contribution in [3.05, 3.63) is 35.9 Å². The minimum absolute atomic E-state index is 0.745. The van der Waals surface area contributed by atoms with Gasteiger partial charge in [-0.25, -0.2) is 0 Å². The highest BCUT2D eigenvalue weighted by atomic mass is 15.3. The lowest BCUT2D eigenvalue weighted by atomic mass is 9.97. The molecule has 0 aliphatic carbocycles. The monoisotopic (exact) mass is 342 g/mol. The van der Waals surface area contributed by atoms with E-state index in [-0.39, 0.29) is 0 Å². The van der Waals surface area contributed by atoms with Gasteiger partial charge in [-0.05, 0) is 70.1 Å². The van der Waals surface area contributed by atoms with Gasteiger partial charge in [0.05, 0.1) is 0 Å². The molecule has 4 heteroatoms. The van der Waals surface area contributed by atoms with Gasteiger partial charge in [0, 0.05) is 26.2 Å². The standard InChI is InChI=1S/C21H34N4/c1-3-22-21(23-16-19-9-12-24(2)13-10-19)25-14-11-20(17-25)15-18-7-5-4-6-8-18/h4-8,19-20H,3,9-17H2,1-2H3,(H,22,23). The molecule has 2 aliphatic heterocycles. The lowest BCUT2D eigenvalue weighted by molar-refractivity contribution is 0.223. The van der Waals surface area contributed by atoms with Crippen LogP contribution in [0.4, 0.5) is 0 Å². The van der Waals surface area contributed by atoms with Crippen molar-refractivity contribution >= 4 is 5.96 Å². The smallest absolute Gasteiger partial charge is 0.193 e. The Bertz CT molecular complexity index is 534. The molecule has 0 aromatic heterocycles. The van der Waals surface area contributed by atoms with Gasteiger partial charge in [-0.1, -0.05) is 30.3 Å². The van der Waals surface area contributed by atoms with Crippen LogP contribution in [-0.4, -0.2) is 62.1 Å². The summed E-state index contributed by atoms with van der Waals surface area (Å²) >= 11 is 0. The SMILES string of the molecule is CCNC(=NCC1CCN(C)CC1)N1CCC(Cc2ccccc2)C1. The van der Waals surface area contributed by atoms with Crippen LogP contribution in [0.1, 0.15) is 31.7 Å². The first-order valence-electron chi connectivity index (χ1n) is 10.00. The third-order valence-electron chi connectivity index (χ3n) is 5.62. The Morgan fingerprint density at radius 3 is 2.52 bits per heavy atom. The summed E-state index contributed by atoms with van der Waals surface area (Å²) in [6, 6.07) is 10.9. The zero-order valence-corrected chi connectivity index (χ0v) is 16.0. The lowest BCUT2D eigenvalue weighted by Gasteiger charge is -2.28. The van der Waals surface area contributed by atoms with Gasteiger partial charge in [-0.15, -0.1) is 0 Å². The van der Waals surface area contributed by atoms with Gasteiger partial charge in [-0.2, -0.15) is 0 Å². The van der Waals surface area contributed by atoms with Crippen LogP contribution in [-0.2, 0) is 6.42 Å². The second kappa shape index (κ2) is 9.23. The zero-order valence-electron chi connectivity index (χ0n) is 16.0. The molecule has 25 heavy (non-hydrogen) atoms. The molecule has 4 nitrogen and oxygen atoms in total. The van der Waals surface area contributed by atoms with E-state index in [0.717, 1.165) is 44.0 Å². The first-order valence-corrected chi connectivity index (χ1v) is 10.00. The molecular formula is C21H34N4. The Hall–Kier alpha value is -1.55. The molecule has 1 aromatic rings. The van der Waals surface area contributed by atoms with E-state index < -0.39 is 0 Å². The fourth-order valence-corrected chi connectivity index (χ4v) is 4.03. The average molecular weight is 343 g/mol. The summed E-state index contributed by atoms with van der Waals surface area (Å²) < 4.78 is 0. The molecule has 3 rings (SSSR count). The van der Waals surface area contributed by atoms with E-state index in [4.69, 9.17) is 4.99 Å². The highest BCUT2D eigenvalue weighted by Gasteiger charge is 2.25. The fraction of sp³-hybridized carbons (Fsp3) is 0.667. The Labute approximate surface area is 153 Å². The quantitative estimate of drug-likeness (QED) is 0.659. The first kappa shape index (κ1) is 18.2. The maximum absolute atomic E-state index is 5.00. The van der Waals surface area contributed by atoms with Crippen molar-refractivity contribution in [3.63, 3.8) is 0 Å². The van der Waals surface area contributed by atoms with Gasteiger partial charge in [0.1, 0.15) is 0 Å². The van der Waals surface area contributed by atoms with Crippen molar-refractivity contribution in [1.82, 2.24) is 15.1 Å². The molecule has 1 unspecified atom stereocenters. The average Bonchev–Trinajstić information content (AvgIpc) is 3.09. The van der Waals surface area contributed by atoms with E-state index in [2.05, 4.69) is 59.4 Å². The Balaban J connectivity index is 1.53. The van der Waals surface area contributed by atoms with Crippen LogP contribution >= 0.6 is 0 Å². The largest absolute Gasteiger partial charge is 0.357 e. The van der Waals surface area contributed by atoms with E-state index in [1.54, 1.807) is 0 Å². The molecule has 2 saturated heterocycles. The number of guanidine groups is 1. The van der Waals surface area contributed by atoms with E-state index in [9.17, 15) is 0 Å². The van der Waals surface area contributed by atoms with Gasteiger partial charge < -0.3 is 15.1 Å². The number of piperidine rings is 1. The summed E-state index contributed by atoms with van der Waals surface area (Å²) in [6.45, 7) is 8.81. The highest BCUT2D eigenvalue weighted by Crippen LogP contribution is 2.21. The number of likely N-dealkylation sites (tertiary alicyclic amines) is 2. The predicted octanol–water partition coefficient (Wildman–Crippen LogP) is 2.86. The summed E-state index contributed by atoms with van der Waals surface area (Å²) in [5.74, 6) is 2.64. The van der Waals surface area contributed by atoms with E-state index >= 15 is 0 Å². The van der Waals surface area contributed by atoms with Crippen molar-refractivity contribution < 1.29 is 0 Å². The number of hydrogen-bond acceptors (Lipinski definition) is 2. The number of aliphatic imine (C=N–C) groups is 1. The Kier molecular flexibility index (Phi) is 6.74. The molecule has 2 fully saturated rings. The van der Waals surface area contributed by atoms with Gasteiger partial charge in [0.15, 0.2) is 5.96 Å². The van der Waals surface area contributed by atoms with Crippen LogP contribution in [0.5, 0.6) is 0 Å². The topological polar surface area (TPSA) is 30.9 Å². The van der Waals surface area contributed by atoms with Crippen molar-refractivity contribution in [2.75, 3.05) is 46.3 Å². The maximum atomic E-state index is 5.00. The number of benzene rings is 1. The van der Waals surface area contributed by atoms with Gasteiger partial charge in [0.2, 0.25) is 0 Å². The van der Waals surface area contributed by atoms with Crippen molar-refractivity contribution in [3.8, 4) is 0 Å². The van der Waals surface area contributed by atoms with E-state index in [1.165, 1.54) is 44.3 Å². The first-order chi connectivity index (χ1) is 12.2. The molecule has 0 radical (unpaired) electrons. The van der Waals surface area contributed by atoms with Gasteiger partial charge in [-0.3, -0.25) is 4.99 Å². The van der Waals surface area contributed by atoms with Crippen LogP contribution in [0, 0.1) is 11.8 Å². The van der Waals surface area contributed by atoms with Crippen LogP contribution in [0.3, 0.4) is 0 Å². The minimum atomic E-state index is 0.745. The van der Waals surface area contributed by atoms with Crippen molar-refractivity contribution in [1.29, 1.82) is 0 Å². The molecule has 0 saturated carbocycles. The molecule has 1 N–H and O–H groups in total. The third-order valence-corrected chi connectivity index (χ3v) is 5.62. The van der Waals surface area contributed by atoms with E-state index in [0.29, 0.717) is 0 Å². The number of hydrogen-bond donors (Lipinski definition) is 1. The molecule has 0 bridgehead atoms. The predicted molar refractivity (Wildman–Crippen MR) is 106 cm³/mol. The summed E-state index contributed by atoms with van der Waals surface area (Å²) in [7, 11) is 2.22. The summed E-state index contributed by atoms with van der Waals surface area (Å²) in [6.07, 6.45) is 5.03. The van der Waals surface area contributed by atoms with Crippen LogP contribution in [0.25, 0.3) is 0 Å². The van der Waals surface area contributed by atoms with Crippen molar-refractivity contribution in [2.45, 2.75) is 32.6 Å².